The Morgan fingerprint density at radius 3 is 2.45 bits per heavy atom. The first kappa shape index (κ1) is 13.0. The number of halogens is 2. The van der Waals surface area contributed by atoms with Gasteiger partial charge in [-0.1, -0.05) is 41.4 Å². The number of nitrogens with one attached hydrogen (secondary N) is 1. The molecule has 5 heteroatoms. The lowest BCUT2D eigenvalue weighted by Crippen LogP contribution is -2.03. The van der Waals surface area contributed by atoms with Gasteiger partial charge in [0.25, 0.3) is 5.91 Å². The predicted octanol–water partition coefficient (Wildman–Crippen LogP) is 4.19. The van der Waals surface area contributed by atoms with Gasteiger partial charge in [-0.2, -0.15) is 0 Å². The SMILES string of the molecule is O=C1Nc2c(ccc(Cl)c2Cl)/C1=C\c1ccc(O)cc1. The molecule has 2 aromatic carbocycles. The maximum Gasteiger partial charge on any atom is 0.256 e. The number of carbonyl (C=O) groups is 1. The molecule has 3 rings (SSSR count). The standard InChI is InChI=1S/C15H9Cl2NO2/c16-12-6-5-10-11(15(20)18-14(10)13(12)17)7-8-1-3-9(19)4-2-8/h1-7,19H,(H,18,20)/b11-7+. The van der Waals surface area contributed by atoms with Crippen LogP contribution in [0.2, 0.25) is 10.0 Å². The van der Waals surface area contributed by atoms with Gasteiger partial charge in [0, 0.05) is 11.1 Å². The first-order chi connectivity index (χ1) is 9.56. The Kier molecular flexibility index (Phi) is 3.16. The van der Waals surface area contributed by atoms with Gasteiger partial charge in [0.05, 0.1) is 15.7 Å². The Balaban J connectivity index is 2.11. The largest absolute Gasteiger partial charge is 0.508 e. The van der Waals surface area contributed by atoms with Crippen LogP contribution in [-0.4, -0.2) is 11.0 Å². The molecule has 0 radical (unpaired) electrons. The van der Waals surface area contributed by atoms with E-state index in [1.54, 1.807) is 42.5 Å². The summed E-state index contributed by atoms with van der Waals surface area (Å²) < 4.78 is 0. The molecular formula is C15H9Cl2NO2. The van der Waals surface area contributed by atoms with Crippen molar-refractivity contribution in [2.24, 2.45) is 0 Å². The molecule has 2 aromatic rings. The molecule has 0 atom stereocenters. The second-order valence-electron chi connectivity index (χ2n) is 4.39. The van der Waals surface area contributed by atoms with Crippen molar-refractivity contribution in [1.82, 2.24) is 0 Å². The number of phenolic OH excluding ortho intramolecular Hbond substituents is 1. The fourth-order valence-electron chi connectivity index (χ4n) is 2.08. The first-order valence-electron chi connectivity index (χ1n) is 5.87. The van der Waals surface area contributed by atoms with Crippen LogP contribution in [0.25, 0.3) is 11.6 Å². The molecule has 0 spiro atoms. The summed E-state index contributed by atoms with van der Waals surface area (Å²) in [7, 11) is 0. The van der Waals surface area contributed by atoms with Crippen LogP contribution in [0.15, 0.2) is 36.4 Å². The Labute approximate surface area is 125 Å². The van der Waals surface area contributed by atoms with Crippen molar-refractivity contribution >= 4 is 46.4 Å². The summed E-state index contributed by atoms with van der Waals surface area (Å²) in [6.07, 6.45) is 1.74. The number of hydrogen-bond donors (Lipinski definition) is 2. The van der Waals surface area contributed by atoms with E-state index in [1.807, 2.05) is 0 Å². The lowest BCUT2D eigenvalue weighted by atomic mass is 10.0. The van der Waals surface area contributed by atoms with E-state index in [1.165, 1.54) is 0 Å². The van der Waals surface area contributed by atoms with Crippen molar-refractivity contribution in [1.29, 1.82) is 0 Å². The van der Waals surface area contributed by atoms with Crippen molar-refractivity contribution in [2.75, 3.05) is 5.32 Å². The van der Waals surface area contributed by atoms with Gasteiger partial charge in [-0.05, 0) is 29.8 Å². The van der Waals surface area contributed by atoms with Gasteiger partial charge in [-0.15, -0.1) is 0 Å². The number of aromatic hydroxyl groups is 1. The molecule has 0 bridgehead atoms. The zero-order chi connectivity index (χ0) is 14.3. The molecule has 0 aromatic heterocycles. The van der Waals surface area contributed by atoms with Crippen molar-refractivity contribution in [3.05, 3.63) is 57.6 Å². The lowest BCUT2D eigenvalue weighted by Gasteiger charge is -2.02. The van der Waals surface area contributed by atoms with Crippen LogP contribution in [0.1, 0.15) is 11.1 Å². The summed E-state index contributed by atoms with van der Waals surface area (Å²) in [5.41, 5.74) is 2.59. The highest BCUT2D eigenvalue weighted by atomic mass is 35.5. The van der Waals surface area contributed by atoms with Crippen LogP contribution in [0.3, 0.4) is 0 Å². The second kappa shape index (κ2) is 4.85. The zero-order valence-electron chi connectivity index (χ0n) is 10.2. The number of amides is 1. The van der Waals surface area contributed by atoms with Gasteiger partial charge < -0.3 is 10.4 Å². The molecule has 100 valence electrons. The summed E-state index contributed by atoms with van der Waals surface area (Å²) in [6.45, 7) is 0. The Morgan fingerprint density at radius 1 is 1.05 bits per heavy atom. The minimum Gasteiger partial charge on any atom is -0.508 e. The molecule has 1 aliphatic rings. The van der Waals surface area contributed by atoms with E-state index >= 15 is 0 Å². The summed E-state index contributed by atoms with van der Waals surface area (Å²) in [6, 6.07) is 10.0. The van der Waals surface area contributed by atoms with E-state index in [0.717, 1.165) is 11.1 Å². The predicted molar refractivity (Wildman–Crippen MR) is 81.1 cm³/mol. The number of fused-ring (bicyclic) bond motifs is 1. The highest BCUT2D eigenvalue weighted by Gasteiger charge is 2.27. The van der Waals surface area contributed by atoms with Crippen LogP contribution >= 0.6 is 23.2 Å². The van der Waals surface area contributed by atoms with Gasteiger partial charge in [0.15, 0.2) is 0 Å². The first-order valence-corrected chi connectivity index (χ1v) is 6.62. The number of phenols is 1. The van der Waals surface area contributed by atoms with E-state index < -0.39 is 0 Å². The number of benzene rings is 2. The van der Waals surface area contributed by atoms with Crippen molar-refractivity contribution < 1.29 is 9.90 Å². The maximum atomic E-state index is 12.0. The van der Waals surface area contributed by atoms with E-state index in [4.69, 9.17) is 23.2 Å². The van der Waals surface area contributed by atoms with Crippen LogP contribution in [0.4, 0.5) is 5.69 Å². The second-order valence-corrected chi connectivity index (χ2v) is 5.17. The molecule has 0 unspecified atom stereocenters. The van der Waals surface area contributed by atoms with E-state index in [9.17, 15) is 9.90 Å². The number of anilines is 1. The van der Waals surface area contributed by atoms with Crippen LogP contribution < -0.4 is 5.32 Å². The minimum absolute atomic E-state index is 0.179. The van der Waals surface area contributed by atoms with Crippen LogP contribution in [-0.2, 0) is 4.79 Å². The average molecular weight is 306 g/mol. The van der Waals surface area contributed by atoms with Gasteiger partial charge in [0.2, 0.25) is 0 Å². The molecule has 1 amide bonds. The molecule has 3 nitrogen and oxygen atoms in total. The highest BCUT2D eigenvalue weighted by molar-refractivity contribution is 6.47. The van der Waals surface area contributed by atoms with E-state index in [-0.39, 0.29) is 11.7 Å². The summed E-state index contributed by atoms with van der Waals surface area (Å²) in [5.74, 6) is -0.0458. The van der Waals surface area contributed by atoms with Gasteiger partial charge >= 0.3 is 0 Å². The molecule has 0 saturated carbocycles. The molecule has 0 saturated heterocycles. The summed E-state index contributed by atoms with van der Waals surface area (Å²) in [5, 5.41) is 12.7. The minimum atomic E-state index is -0.225. The topological polar surface area (TPSA) is 49.3 Å². The molecule has 0 fully saturated rings. The molecular weight excluding hydrogens is 297 g/mol. The molecule has 1 aliphatic heterocycles. The molecule has 0 aliphatic carbocycles. The van der Waals surface area contributed by atoms with E-state index in [2.05, 4.69) is 5.32 Å². The third-order valence-electron chi connectivity index (χ3n) is 3.07. The summed E-state index contributed by atoms with van der Waals surface area (Å²) >= 11 is 12.0. The lowest BCUT2D eigenvalue weighted by molar-refractivity contribution is -0.110. The third-order valence-corrected chi connectivity index (χ3v) is 3.88. The molecule has 2 N–H and O–H groups in total. The smallest absolute Gasteiger partial charge is 0.256 e. The van der Waals surface area contributed by atoms with Gasteiger partial charge in [-0.3, -0.25) is 4.79 Å². The van der Waals surface area contributed by atoms with Crippen LogP contribution in [0.5, 0.6) is 5.75 Å². The third kappa shape index (κ3) is 2.15. The van der Waals surface area contributed by atoms with Crippen molar-refractivity contribution in [3.63, 3.8) is 0 Å². The average Bonchev–Trinajstić information content (AvgIpc) is 2.74. The number of carbonyl (C=O) groups excluding carboxylic acids is 1. The Bertz CT molecular complexity index is 736. The highest BCUT2D eigenvalue weighted by Crippen LogP contribution is 2.41. The van der Waals surface area contributed by atoms with Crippen molar-refractivity contribution in [2.45, 2.75) is 0 Å². The number of rotatable bonds is 1. The van der Waals surface area contributed by atoms with Gasteiger partial charge in [-0.25, -0.2) is 0 Å². The maximum absolute atomic E-state index is 12.0. The Morgan fingerprint density at radius 2 is 1.75 bits per heavy atom. The van der Waals surface area contributed by atoms with Gasteiger partial charge in [0.1, 0.15) is 5.75 Å². The number of hydrogen-bond acceptors (Lipinski definition) is 2. The zero-order valence-corrected chi connectivity index (χ0v) is 11.7. The fourth-order valence-corrected chi connectivity index (χ4v) is 2.45. The fraction of sp³-hybridized carbons (Fsp3) is 0. The molecule has 1 heterocycles. The van der Waals surface area contributed by atoms with Crippen LogP contribution in [0, 0.1) is 0 Å². The van der Waals surface area contributed by atoms with Crippen molar-refractivity contribution in [3.8, 4) is 5.75 Å². The summed E-state index contributed by atoms with van der Waals surface area (Å²) in [4.78, 5) is 12.0. The quantitative estimate of drug-likeness (QED) is 0.776. The molecule has 20 heavy (non-hydrogen) atoms. The monoisotopic (exact) mass is 305 g/mol. The van der Waals surface area contributed by atoms with E-state index in [0.29, 0.717) is 21.3 Å². The Hall–Kier alpha value is -1.97. The normalized spacial score (nSPS) is 15.3.